The first-order valence-corrected chi connectivity index (χ1v) is 4.90. The fourth-order valence-electron chi connectivity index (χ4n) is 1.46. The first-order valence-electron chi connectivity index (χ1n) is 4.52. The number of anilines is 2. The zero-order chi connectivity index (χ0) is 9.97. The maximum atomic E-state index is 5.82. The summed E-state index contributed by atoms with van der Waals surface area (Å²) in [7, 11) is 0. The summed E-state index contributed by atoms with van der Waals surface area (Å²) in [6.45, 7) is 3.07. The molecule has 1 fully saturated rings. The van der Waals surface area contributed by atoms with Crippen molar-refractivity contribution in [2.45, 2.75) is 0 Å². The van der Waals surface area contributed by atoms with Gasteiger partial charge in [-0.05, 0) is 12.1 Å². The standard InChI is InChI=1S/C9H12ClN3O/c10-8-2-1-7(11)9(12-8)13-3-5-14-6-4-13/h1-2H,3-6,11H2. The predicted molar refractivity (Wildman–Crippen MR) is 56.7 cm³/mol. The molecule has 0 atom stereocenters. The number of nitrogen functional groups attached to an aromatic ring is 1. The van der Waals surface area contributed by atoms with E-state index in [2.05, 4.69) is 9.88 Å². The van der Waals surface area contributed by atoms with Crippen molar-refractivity contribution in [1.82, 2.24) is 4.98 Å². The predicted octanol–water partition coefficient (Wildman–Crippen LogP) is 1.15. The van der Waals surface area contributed by atoms with Gasteiger partial charge in [-0.3, -0.25) is 0 Å². The molecule has 0 amide bonds. The van der Waals surface area contributed by atoms with Crippen molar-refractivity contribution in [1.29, 1.82) is 0 Å². The van der Waals surface area contributed by atoms with Crippen molar-refractivity contribution in [2.75, 3.05) is 36.9 Å². The Morgan fingerprint density at radius 3 is 2.79 bits per heavy atom. The van der Waals surface area contributed by atoms with Crippen molar-refractivity contribution in [2.24, 2.45) is 0 Å². The van der Waals surface area contributed by atoms with Gasteiger partial charge in [0.25, 0.3) is 0 Å². The highest BCUT2D eigenvalue weighted by atomic mass is 35.5. The Morgan fingerprint density at radius 2 is 2.07 bits per heavy atom. The molecule has 1 saturated heterocycles. The van der Waals surface area contributed by atoms with E-state index in [0.29, 0.717) is 24.1 Å². The third-order valence-corrected chi connectivity index (χ3v) is 2.39. The van der Waals surface area contributed by atoms with Gasteiger partial charge in [0.15, 0.2) is 5.82 Å². The van der Waals surface area contributed by atoms with Crippen LogP contribution in [0.2, 0.25) is 5.15 Å². The van der Waals surface area contributed by atoms with Gasteiger partial charge >= 0.3 is 0 Å². The summed E-state index contributed by atoms with van der Waals surface area (Å²) in [6, 6.07) is 3.47. The van der Waals surface area contributed by atoms with Gasteiger partial charge in [-0.15, -0.1) is 0 Å². The molecule has 4 nitrogen and oxygen atoms in total. The van der Waals surface area contributed by atoms with E-state index in [-0.39, 0.29) is 0 Å². The Hall–Kier alpha value is -1.00. The molecule has 2 rings (SSSR count). The zero-order valence-electron chi connectivity index (χ0n) is 7.74. The molecule has 0 aromatic carbocycles. The van der Waals surface area contributed by atoms with E-state index in [1.807, 2.05) is 0 Å². The average Bonchev–Trinajstić information content (AvgIpc) is 2.23. The lowest BCUT2D eigenvalue weighted by molar-refractivity contribution is 0.122. The molecule has 0 saturated carbocycles. The molecule has 2 heterocycles. The Morgan fingerprint density at radius 1 is 1.36 bits per heavy atom. The maximum absolute atomic E-state index is 5.82. The molecule has 14 heavy (non-hydrogen) atoms. The van der Waals surface area contributed by atoms with E-state index in [1.54, 1.807) is 12.1 Å². The summed E-state index contributed by atoms with van der Waals surface area (Å²) in [5.41, 5.74) is 6.48. The van der Waals surface area contributed by atoms with Crippen molar-refractivity contribution in [3.8, 4) is 0 Å². The zero-order valence-corrected chi connectivity index (χ0v) is 8.50. The molecule has 1 aliphatic rings. The van der Waals surface area contributed by atoms with Crippen LogP contribution in [0.4, 0.5) is 11.5 Å². The van der Waals surface area contributed by atoms with E-state index in [4.69, 9.17) is 22.1 Å². The summed E-state index contributed by atoms with van der Waals surface area (Å²) in [4.78, 5) is 6.30. The highest BCUT2D eigenvalue weighted by Gasteiger charge is 2.15. The molecule has 0 radical (unpaired) electrons. The number of hydrogen-bond donors (Lipinski definition) is 1. The van der Waals surface area contributed by atoms with Crippen LogP contribution in [0.1, 0.15) is 0 Å². The molecule has 2 N–H and O–H groups in total. The van der Waals surface area contributed by atoms with Gasteiger partial charge in [-0.25, -0.2) is 4.98 Å². The average molecular weight is 214 g/mol. The minimum atomic E-state index is 0.473. The number of nitrogens with two attached hydrogens (primary N) is 1. The summed E-state index contributed by atoms with van der Waals surface area (Å²) < 4.78 is 5.25. The number of halogens is 1. The van der Waals surface area contributed by atoms with Gasteiger partial charge in [-0.1, -0.05) is 11.6 Å². The number of aromatic nitrogens is 1. The van der Waals surface area contributed by atoms with Gasteiger partial charge in [0.05, 0.1) is 18.9 Å². The fraction of sp³-hybridized carbons (Fsp3) is 0.444. The van der Waals surface area contributed by atoms with Crippen LogP contribution in [0.25, 0.3) is 0 Å². The summed E-state index contributed by atoms with van der Waals surface area (Å²) in [5, 5.41) is 0.473. The van der Waals surface area contributed by atoms with E-state index < -0.39 is 0 Å². The van der Waals surface area contributed by atoms with E-state index in [0.717, 1.165) is 18.9 Å². The van der Waals surface area contributed by atoms with Crippen molar-refractivity contribution < 1.29 is 4.74 Å². The molecule has 1 aromatic heterocycles. The third kappa shape index (κ3) is 1.91. The van der Waals surface area contributed by atoms with Gasteiger partial charge < -0.3 is 15.4 Å². The van der Waals surface area contributed by atoms with Gasteiger partial charge in [0.1, 0.15) is 5.15 Å². The van der Waals surface area contributed by atoms with Gasteiger partial charge in [0, 0.05) is 13.1 Å². The smallest absolute Gasteiger partial charge is 0.153 e. The number of hydrogen-bond acceptors (Lipinski definition) is 4. The Balaban J connectivity index is 2.24. The number of rotatable bonds is 1. The second-order valence-electron chi connectivity index (χ2n) is 3.15. The third-order valence-electron chi connectivity index (χ3n) is 2.18. The Kier molecular flexibility index (Phi) is 2.74. The van der Waals surface area contributed by atoms with Crippen LogP contribution in [-0.4, -0.2) is 31.3 Å². The highest BCUT2D eigenvalue weighted by molar-refractivity contribution is 6.29. The van der Waals surface area contributed by atoms with Crippen LogP contribution >= 0.6 is 11.6 Å². The lowest BCUT2D eigenvalue weighted by Gasteiger charge is -2.28. The molecule has 0 bridgehead atoms. The molecule has 76 valence electrons. The van der Waals surface area contributed by atoms with E-state index in [9.17, 15) is 0 Å². The van der Waals surface area contributed by atoms with Gasteiger partial charge in [-0.2, -0.15) is 0 Å². The van der Waals surface area contributed by atoms with E-state index >= 15 is 0 Å². The minimum absolute atomic E-state index is 0.473. The molecule has 0 aliphatic carbocycles. The Bertz CT molecular complexity index is 326. The lowest BCUT2D eigenvalue weighted by atomic mass is 10.3. The molecule has 1 aliphatic heterocycles. The van der Waals surface area contributed by atoms with Crippen LogP contribution in [-0.2, 0) is 4.74 Å². The van der Waals surface area contributed by atoms with Crippen LogP contribution in [0.3, 0.4) is 0 Å². The molecule has 0 unspecified atom stereocenters. The van der Waals surface area contributed by atoms with Gasteiger partial charge in [0.2, 0.25) is 0 Å². The fourth-order valence-corrected chi connectivity index (χ4v) is 1.61. The van der Waals surface area contributed by atoms with Crippen LogP contribution < -0.4 is 10.6 Å². The van der Waals surface area contributed by atoms with Crippen molar-refractivity contribution in [3.63, 3.8) is 0 Å². The molecular weight excluding hydrogens is 202 g/mol. The Labute approximate surface area is 87.6 Å². The SMILES string of the molecule is Nc1ccc(Cl)nc1N1CCOCC1. The van der Waals surface area contributed by atoms with Crippen LogP contribution in [0.15, 0.2) is 12.1 Å². The second-order valence-corrected chi connectivity index (χ2v) is 3.53. The summed E-state index contributed by atoms with van der Waals surface area (Å²) >= 11 is 5.81. The normalized spacial score (nSPS) is 17.1. The first kappa shape index (κ1) is 9.55. The number of nitrogens with zero attached hydrogens (tertiary/aromatic N) is 2. The van der Waals surface area contributed by atoms with Crippen molar-refractivity contribution in [3.05, 3.63) is 17.3 Å². The van der Waals surface area contributed by atoms with Crippen LogP contribution in [0.5, 0.6) is 0 Å². The second kappa shape index (κ2) is 4.02. The maximum Gasteiger partial charge on any atom is 0.153 e. The number of pyridine rings is 1. The monoisotopic (exact) mass is 213 g/mol. The largest absolute Gasteiger partial charge is 0.396 e. The molecule has 1 aromatic rings. The van der Waals surface area contributed by atoms with Crippen LogP contribution in [0, 0.1) is 0 Å². The first-order chi connectivity index (χ1) is 6.77. The quantitative estimate of drug-likeness (QED) is 0.712. The minimum Gasteiger partial charge on any atom is -0.396 e. The summed E-state index contributed by atoms with van der Waals surface area (Å²) in [5.74, 6) is 0.765. The number of morpholine rings is 1. The van der Waals surface area contributed by atoms with E-state index in [1.165, 1.54) is 0 Å². The highest BCUT2D eigenvalue weighted by Crippen LogP contribution is 2.23. The lowest BCUT2D eigenvalue weighted by Crippen LogP contribution is -2.37. The molecular formula is C9H12ClN3O. The van der Waals surface area contributed by atoms with Crippen molar-refractivity contribution >= 4 is 23.1 Å². The topological polar surface area (TPSA) is 51.4 Å². The summed E-state index contributed by atoms with van der Waals surface area (Å²) in [6.07, 6.45) is 0. The number of ether oxygens (including phenoxy) is 1. The molecule has 5 heteroatoms. The molecule has 0 spiro atoms.